The zero-order valence-corrected chi connectivity index (χ0v) is 16.1. The van der Waals surface area contributed by atoms with Crippen molar-refractivity contribution in [2.75, 3.05) is 5.43 Å². The van der Waals surface area contributed by atoms with Crippen LogP contribution in [0.1, 0.15) is 35.3 Å². The lowest BCUT2D eigenvalue weighted by Gasteiger charge is -2.15. The molecule has 0 aliphatic carbocycles. The molecule has 3 N–H and O–H groups in total. The van der Waals surface area contributed by atoms with Crippen LogP contribution in [-0.2, 0) is 16.2 Å². The Hall–Kier alpha value is -3.10. The van der Waals surface area contributed by atoms with Crippen molar-refractivity contribution < 1.29 is 26.4 Å². The maximum absolute atomic E-state index is 13.1. The van der Waals surface area contributed by atoms with E-state index in [9.17, 15) is 26.4 Å². The van der Waals surface area contributed by atoms with Gasteiger partial charge in [0, 0.05) is 11.6 Å². The molecule has 0 fully saturated rings. The monoisotopic (exact) mass is 426 g/mol. The Labute approximate surface area is 165 Å². The molecule has 0 atom stereocenters. The average Bonchev–Trinajstić information content (AvgIpc) is 2.64. The lowest BCUT2D eigenvalue weighted by atomic mass is 10.1. The molecule has 2 aromatic carbocycles. The van der Waals surface area contributed by atoms with Crippen molar-refractivity contribution >= 4 is 21.6 Å². The SMILES string of the molecule is CC(C)NS(=O)(=O)c1ccc(C(=O)NNc2ccc(C#N)cc2C(F)(F)F)cc1. The first-order chi connectivity index (χ1) is 13.4. The van der Waals surface area contributed by atoms with Crippen molar-refractivity contribution in [3.63, 3.8) is 0 Å². The van der Waals surface area contributed by atoms with Crippen LogP contribution in [0.2, 0.25) is 0 Å². The minimum absolute atomic E-state index is 0.0307. The minimum atomic E-state index is -4.74. The van der Waals surface area contributed by atoms with Crippen LogP contribution in [0.3, 0.4) is 0 Å². The number of alkyl halides is 3. The van der Waals surface area contributed by atoms with Gasteiger partial charge in [-0.25, -0.2) is 13.1 Å². The number of halogens is 3. The number of carbonyl (C=O) groups excluding carboxylic acids is 1. The maximum atomic E-state index is 13.1. The second kappa shape index (κ2) is 8.50. The standard InChI is InChI=1S/C18H17F3N4O3S/c1-11(2)25-29(27,28)14-6-4-13(5-7-14)17(26)24-23-16-8-3-12(10-22)9-15(16)18(19,20)21/h3-9,11,23,25H,1-2H3,(H,24,26). The fourth-order valence-electron chi connectivity index (χ4n) is 2.32. The maximum Gasteiger partial charge on any atom is 0.418 e. The van der Waals surface area contributed by atoms with E-state index in [1.807, 2.05) is 0 Å². The summed E-state index contributed by atoms with van der Waals surface area (Å²) >= 11 is 0. The average molecular weight is 426 g/mol. The third-order valence-corrected chi connectivity index (χ3v) is 5.26. The van der Waals surface area contributed by atoms with Crippen LogP contribution in [-0.4, -0.2) is 20.4 Å². The number of anilines is 1. The predicted molar refractivity (Wildman–Crippen MR) is 99.1 cm³/mol. The van der Waals surface area contributed by atoms with E-state index in [1.54, 1.807) is 19.9 Å². The molecule has 0 spiro atoms. The fourth-order valence-corrected chi connectivity index (χ4v) is 3.57. The second-order valence-electron chi connectivity index (χ2n) is 6.25. The Morgan fingerprint density at radius 1 is 1.10 bits per heavy atom. The summed E-state index contributed by atoms with van der Waals surface area (Å²) in [5, 5.41) is 8.76. The molecule has 154 valence electrons. The molecule has 0 bridgehead atoms. The molecule has 2 rings (SSSR count). The largest absolute Gasteiger partial charge is 0.418 e. The van der Waals surface area contributed by atoms with Crippen molar-refractivity contribution in [3.8, 4) is 6.07 Å². The lowest BCUT2D eigenvalue weighted by Crippen LogP contribution is -2.31. The van der Waals surface area contributed by atoms with E-state index in [0.29, 0.717) is 6.07 Å². The molecule has 0 aliphatic rings. The van der Waals surface area contributed by atoms with Gasteiger partial charge >= 0.3 is 6.18 Å². The molecule has 0 heterocycles. The van der Waals surface area contributed by atoms with Gasteiger partial charge in [0.05, 0.1) is 27.8 Å². The van der Waals surface area contributed by atoms with E-state index >= 15 is 0 Å². The molecular weight excluding hydrogens is 409 g/mol. The molecule has 7 nitrogen and oxygen atoms in total. The smallest absolute Gasteiger partial charge is 0.298 e. The van der Waals surface area contributed by atoms with Gasteiger partial charge < -0.3 is 0 Å². The van der Waals surface area contributed by atoms with E-state index in [2.05, 4.69) is 15.6 Å². The Bertz CT molecular complexity index is 1040. The number of sulfonamides is 1. The summed E-state index contributed by atoms with van der Waals surface area (Å²) in [5.74, 6) is -0.775. The van der Waals surface area contributed by atoms with Crippen LogP contribution in [0.5, 0.6) is 0 Å². The van der Waals surface area contributed by atoms with Crippen molar-refractivity contribution in [1.82, 2.24) is 10.1 Å². The van der Waals surface area contributed by atoms with Gasteiger partial charge in [0.1, 0.15) is 0 Å². The summed E-state index contributed by atoms with van der Waals surface area (Å²) in [6.45, 7) is 3.31. The van der Waals surface area contributed by atoms with Crippen LogP contribution < -0.4 is 15.6 Å². The van der Waals surface area contributed by atoms with Gasteiger partial charge in [0.2, 0.25) is 10.0 Å². The highest BCUT2D eigenvalue weighted by molar-refractivity contribution is 7.89. The zero-order chi connectivity index (χ0) is 21.8. The second-order valence-corrected chi connectivity index (χ2v) is 7.96. The van der Waals surface area contributed by atoms with Crippen molar-refractivity contribution in [2.24, 2.45) is 0 Å². The first kappa shape index (κ1) is 22.2. The first-order valence-corrected chi connectivity index (χ1v) is 9.72. The predicted octanol–water partition coefficient (Wildman–Crippen LogP) is 3.02. The van der Waals surface area contributed by atoms with E-state index < -0.39 is 33.4 Å². The number of rotatable bonds is 6. The molecule has 0 unspecified atom stereocenters. The van der Waals surface area contributed by atoms with Gasteiger partial charge in [0.25, 0.3) is 5.91 Å². The summed E-state index contributed by atoms with van der Waals surface area (Å²) in [4.78, 5) is 12.1. The van der Waals surface area contributed by atoms with Crippen LogP contribution in [0.25, 0.3) is 0 Å². The van der Waals surface area contributed by atoms with E-state index in [-0.39, 0.29) is 22.1 Å². The summed E-state index contributed by atoms with van der Waals surface area (Å²) in [5.41, 5.74) is 2.60. The van der Waals surface area contributed by atoms with Crippen LogP contribution >= 0.6 is 0 Å². The lowest BCUT2D eigenvalue weighted by molar-refractivity contribution is -0.137. The number of nitrogens with zero attached hydrogens (tertiary/aromatic N) is 1. The van der Waals surface area contributed by atoms with Crippen LogP contribution in [0.15, 0.2) is 47.4 Å². The molecule has 2 aromatic rings. The fraction of sp³-hybridized carbons (Fsp3) is 0.222. The molecule has 11 heteroatoms. The third kappa shape index (κ3) is 5.69. The number of hydrazine groups is 1. The molecule has 0 radical (unpaired) electrons. The summed E-state index contributed by atoms with van der Waals surface area (Å²) in [6.07, 6.45) is -4.74. The molecule has 29 heavy (non-hydrogen) atoms. The van der Waals surface area contributed by atoms with E-state index in [4.69, 9.17) is 5.26 Å². The highest BCUT2D eigenvalue weighted by Crippen LogP contribution is 2.35. The summed E-state index contributed by atoms with van der Waals surface area (Å²) in [7, 11) is -3.73. The molecular formula is C18H17F3N4O3S. The number of benzene rings is 2. The minimum Gasteiger partial charge on any atom is -0.298 e. The van der Waals surface area contributed by atoms with Crippen molar-refractivity contribution in [2.45, 2.75) is 31.0 Å². The number of nitriles is 1. The molecule has 0 aromatic heterocycles. The Morgan fingerprint density at radius 2 is 1.72 bits per heavy atom. The Kier molecular flexibility index (Phi) is 6.51. The van der Waals surface area contributed by atoms with Gasteiger partial charge in [-0.05, 0) is 56.3 Å². The van der Waals surface area contributed by atoms with Crippen LogP contribution in [0, 0.1) is 11.3 Å². The molecule has 0 aliphatic heterocycles. The highest BCUT2D eigenvalue weighted by atomic mass is 32.2. The van der Waals surface area contributed by atoms with Gasteiger partial charge in [-0.1, -0.05) is 0 Å². The quantitative estimate of drug-likeness (QED) is 0.615. The topological polar surface area (TPSA) is 111 Å². The van der Waals surface area contributed by atoms with Gasteiger partial charge in [0.15, 0.2) is 0 Å². The summed E-state index contributed by atoms with van der Waals surface area (Å²) in [6, 6.07) is 9.04. The number of carbonyl (C=O) groups is 1. The van der Waals surface area contributed by atoms with Gasteiger partial charge in [-0.15, -0.1) is 0 Å². The number of amides is 1. The molecule has 1 amide bonds. The zero-order valence-electron chi connectivity index (χ0n) is 15.3. The third-order valence-electron chi connectivity index (χ3n) is 3.58. The first-order valence-electron chi connectivity index (χ1n) is 8.24. The number of hydrogen-bond donors (Lipinski definition) is 3. The van der Waals surface area contributed by atoms with E-state index in [1.165, 1.54) is 30.3 Å². The molecule has 0 saturated heterocycles. The van der Waals surface area contributed by atoms with Crippen LogP contribution in [0.4, 0.5) is 18.9 Å². The van der Waals surface area contributed by atoms with Crippen molar-refractivity contribution in [1.29, 1.82) is 5.26 Å². The Balaban J connectivity index is 2.15. The van der Waals surface area contributed by atoms with Gasteiger partial charge in [-0.3, -0.25) is 15.6 Å². The highest BCUT2D eigenvalue weighted by Gasteiger charge is 2.34. The Morgan fingerprint density at radius 3 is 2.24 bits per heavy atom. The van der Waals surface area contributed by atoms with Gasteiger partial charge in [-0.2, -0.15) is 18.4 Å². The number of hydrogen-bond acceptors (Lipinski definition) is 5. The van der Waals surface area contributed by atoms with E-state index in [0.717, 1.165) is 6.07 Å². The van der Waals surface area contributed by atoms with Crippen molar-refractivity contribution in [3.05, 3.63) is 59.2 Å². The molecule has 0 saturated carbocycles. The number of nitrogens with one attached hydrogen (secondary N) is 3. The summed E-state index contributed by atoms with van der Waals surface area (Å²) < 4.78 is 65.9. The normalized spacial score (nSPS) is 11.8.